The molecule has 74 valence electrons. The lowest BCUT2D eigenvalue weighted by Crippen LogP contribution is -2.23. The minimum absolute atomic E-state index is 1.01. The van der Waals surface area contributed by atoms with E-state index in [1.807, 2.05) is 0 Å². The first-order valence-corrected chi connectivity index (χ1v) is 2.66. The number of carbonyl (C=O) groups is 4. The molecule has 0 rings (SSSR count). The fraction of sp³-hybridized carbons (Fsp3) is 0.200. The maximum absolute atomic E-state index is 9.81. The molecule has 0 saturated heterocycles. The summed E-state index contributed by atoms with van der Waals surface area (Å²) in [6, 6.07) is 0. The summed E-state index contributed by atoms with van der Waals surface area (Å²) in [6.45, 7) is 0. The maximum Gasteiger partial charge on any atom is 0.414 e. The van der Waals surface area contributed by atoms with Crippen LogP contribution in [0.15, 0.2) is 0 Å². The Hall–Kier alpha value is -2.12. The molecular formula is C5H7NO7. The Morgan fingerprint density at radius 3 is 1.38 bits per heavy atom. The van der Waals surface area contributed by atoms with Gasteiger partial charge in [-0.25, -0.2) is 14.4 Å². The summed E-state index contributed by atoms with van der Waals surface area (Å²) in [7, 11) is 1.09. The minimum atomic E-state index is -1.82. The molecule has 0 aliphatic carbocycles. The fourth-order valence-corrected chi connectivity index (χ4v) is 0.101. The van der Waals surface area contributed by atoms with E-state index < -0.39 is 23.8 Å². The highest BCUT2D eigenvalue weighted by atomic mass is 16.5. The molecule has 0 fully saturated rings. The summed E-state index contributed by atoms with van der Waals surface area (Å²) >= 11 is 0. The SMILES string of the molecule is COC(=O)C(N)=O.O=C(O)C(=O)O. The van der Waals surface area contributed by atoms with Crippen LogP contribution in [-0.2, 0) is 23.9 Å². The van der Waals surface area contributed by atoms with Crippen LogP contribution >= 0.6 is 0 Å². The molecule has 8 heteroatoms. The van der Waals surface area contributed by atoms with E-state index in [0.29, 0.717) is 0 Å². The van der Waals surface area contributed by atoms with Gasteiger partial charge in [-0.3, -0.25) is 4.79 Å². The van der Waals surface area contributed by atoms with Gasteiger partial charge in [0.2, 0.25) is 0 Å². The van der Waals surface area contributed by atoms with Gasteiger partial charge in [0.15, 0.2) is 0 Å². The van der Waals surface area contributed by atoms with Gasteiger partial charge in [-0.15, -0.1) is 0 Å². The number of hydrogen-bond acceptors (Lipinski definition) is 5. The van der Waals surface area contributed by atoms with Gasteiger partial charge in [0.25, 0.3) is 0 Å². The zero-order valence-corrected chi connectivity index (χ0v) is 6.51. The van der Waals surface area contributed by atoms with Crippen LogP contribution in [-0.4, -0.2) is 41.1 Å². The first kappa shape index (κ1) is 13.5. The van der Waals surface area contributed by atoms with Crippen molar-refractivity contribution in [1.82, 2.24) is 0 Å². The van der Waals surface area contributed by atoms with Crippen molar-refractivity contribution in [2.24, 2.45) is 5.73 Å². The molecule has 8 nitrogen and oxygen atoms in total. The van der Waals surface area contributed by atoms with E-state index >= 15 is 0 Å². The van der Waals surface area contributed by atoms with Crippen molar-refractivity contribution in [2.75, 3.05) is 7.11 Å². The second kappa shape index (κ2) is 6.58. The van der Waals surface area contributed by atoms with Crippen molar-refractivity contribution >= 4 is 23.8 Å². The molecule has 13 heavy (non-hydrogen) atoms. The van der Waals surface area contributed by atoms with Crippen molar-refractivity contribution < 1.29 is 34.1 Å². The highest BCUT2D eigenvalue weighted by Crippen LogP contribution is 1.65. The molecule has 0 atom stereocenters. The summed E-state index contributed by atoms with van der Waals surface area (Å²) in [5.74, 6) is -5.73. The van der Waals surface area contributed by atoms with E-state index in [0.717, 1.165) is 7.11 Å². The lowest BCUT2D eigenvalue weighted by Gasteiger charge is -1.86. The normalized spacial score (nSPS) is 7.46. The van der Waals surface area contributed by atoms with Gasteiger partial charge in [0.05, 0.1) is 7.11 Å². The Bertz CT molecular complexity index is 221. The van der Waals surface area contributed by atoms with Gasteiger partial charge in [0.1, 0.15) is 0 Å². The Morgan fingerprint density at radius 1 is 1.08 bits per heavy atom. The van der Waals surface area contributed by atoms with Gasteiger partial charge < -0.3 is 20.7 Å². The number of nitrogens with two attached hydrogens (primary N) is 1. The number of carboxylic acids is 2. The van der Waals surface area contributed by atoms with E-state index in [1.165, 1.54) is 0 Å². The Morgan fingerprint density at radius 2 is 1.38 bits per heavy atom. The Kier molecular flexibility index (Phi) is 6.82. The van der Waals surface area contributed by atoms with E-state index in [2.05, 4.69) is 10.5 Å². The number of aliphatic carboxylic acids is 2. The molecule has 0 saturated carbocycles. The third-order valence-corrected chi connectivity index (χ3v) is 0.570. The molecule has 0 aliphatic heterocycles. The van der Waals surface area contributed by atoms with Gasteiger partial charge in [-0.2, -0.15) is 0 Å². The highest BCUT2D eigenvalue weighted by Gasteiger charge is 2.05. The molecule has 0 aliphatic rings. The van der Waals surface area contributed by atoms with E-state index in [1.54, 1.807) is 0 Å². The molecule has 0 aromatic heterocycles. The minimum Gasteiger partial charge on any atom is -0.473 e. The number of primary amides is 1. The Labute approximate surface area is 71.9 Å². The van der Waals surface area contributed by atoms with Crippen molar-refractivity contribution in [2.45, 2.75) is 0 Å². The summed E-state index contributed by atoms with van der Waals surface area (Å²) < 4.78 is 3.90. The van der Waals surface area contributed by atoms with Crippen molar-refractivity contribution in [1.29, 1.82) is 0 Å². The largest absolute Gasteiger partial charge is 0.473 e. The van der Waals surface area contributed by atoms with Crippen LogP contribution in [0.3, 0.4) is 0 Å². The number of methoxy groups -OCH3 is 1. The van der Waals surface area contributed by atoms with Gasteiger partial charge in [-0.05, 0) is 0 Å². The van der Waals surface area contributed by atoms with Crippen LogP contribution in [0.4, 0.5) is 0 Å². The summed E-state index contributed by atoms with van der Waals surface area (Å²) in [5, 5.41) is 14.8. The summed E-state index contributed by atoms with van der Waals surface area (Å²) in [4.78, 5) is 37.7. The molecule has 1 amide bonds. The second-order valence-corrected chi connectivity index (χ2v) is 1.47. The van der Waals surface area contributed by atoms with E-state index in [9.17, 15) is 9.59 Å². The smallest absolute Gasteiger partial charge is 0.414 e. The molecule has 0 radical (unpaired) electrons. The lowest BCUT2D eigenvalue weighted by molar-refractivity contribution is -0.159. The van der Waals surface area contributed by atoms with Crippen molar-refractivity contribution in [3.05, 3.63) is 0 Å². The lowest BCUT2D eigenvalue weighted by atomic mass is 10.7. The van der Waals surface area contributed by atoms with Gasteiger partial charge in [-0.1, -0.05) is 0 Å². The van der Waals surface area contributed by atoms with Crippen LogP contribution in [0.1, 0.15) is 0 Å². The van der Waals surface area contributed by atoms with Crippen molar-refractivity contribution in [3.8, 4) is 0 Å². The molecule has 4 N–H and O–H groups in total. The first-order chi connectivity index (χ1) is 5.82. The maximum atomic E-state index is 9.81. The van der Waals surface area contributed by atoms with Crippen LogP contribution in [0.25, 0.3) is 0 Å². The number of hydrogen-bond donors (Lipinski definition) is 3. The molecular weight excluding hydrogens is 186 g/mol. The second-order valence-electron chi connectivity index (χ2n) is 1.47. The highest BCUT2D eigenvalue weighted by molar-refractivity contribution is 6.31. The third-order valence-electron chi connectivity index (χ3n) is 0.570. The first-order valence-electron chi connectivity index (χ1n) is 2.66. The molecule has 0 unspecified atom stereocenters. The number of amides is 1. The quantitative estimate of drug-likeness (QED) is 0.292. The zero-order valence-electron chi connectivity index (χ0n) is 6.51. The summed E-state index contributed by atoms with van der Waals surface area (Å²) in [5.41, 5.74) is 4.43. The number of carbonyl (C=O) groups excluding carboxylic acids is 2. The van der Waals surface area contributed by atoms with Crippen LogP contribution < -0.4 is 5.73 Å². The van der Waals surface area contributed by atoms with E-state index in [-0.39, 0.29) is 0 Å². The van der Waals surface area contributed by atoms with Gasteiger partial charge >= 0.3 is 23.8 Å². The topological polar surface area (TPSA) is 144 Å². The fourth-order valence-electron chi connectivity index (χ4n) is 0.101. The van der Waals surface area contributed by atoms with Crippen LogP contribution in [0, 0.1) is 0 Å². The number of rotatable bonds is 0. The number of ether oxygens (including phenoxy) is 1. The third kappa shape index (κ3) is 9.88. The zero-order chi connectivity index (χ0) is 11.0. The van der Waals surface area contributed by atoms with E-state index in [4.69, 9.17) is 19.8 Å². The molecule has 0 aromatic rings. The van der Waals surface area contributed by atoms with Crippen molar-refractivity contribution in [3.63, 3.8) is 0 Å². The average molecular weight is 193 g/mol. The standard InChI is InChI=1S/C3H5NO3.C2H2O4/c1-7-3(6)2(4)5;3-1(4)2(5)6/h1H3,(H2,4,5);(H,3,4)(H,5,6). The molecule has 0 spiro atoms. The Balaban J connectivity index is 0. The molecule has 0 aromatic carbocycles. The van der Waals surface area contributed by atoms with Gasteiger partial charge in [0, 0.05) is 0 Å². The average Bonchev–Trinajstić information content (AvgIpc) is 2.03. The number of esters is 1. The predicted molar refractivity (Wildman–Crippen MR) is 36.5 cm³/mol. The molecule has 0 heterocycles. The molecule has 0 bridgehead atoms. The summed E-state index contributed by atoms with van der Waals surface area (Å²) in [6.07, 6.45) is 0. The monoisotopic (exact) mass is 193 g/mol. The number of carboxylic acid groups (broad SMARTS) is 2. The van der Waals surface area contributed by atoms with Crippen LogP contribution in [0.5, 0.6) is 0 Å². The predicted octanol–water partition coefficient (Wildman–Crippen LogP) is -2.20. The van der Waals surface area contributed by atoms with Crippen LogP contribution in [0.2, 0.25) is 0 Å².